The van der Waals surface area contributed by atoms with Gasteiger partial charge in [0, 0.05) is 42.8 Å². The second-order valence-corrected chi connectivity index (χ2v) is 11.2. The van der Waals surface area contributed by atoms with Crippen LogP contribution in [0.4, 0.5) is 0 Å². The number of methoxy groups -OCH3 is 1. The van der Waals surface area contributed by atoms with Crippen molar-refractivity contribution in [1.29, 1.82) is 0 Å². The fourth-order valence-corrected chi connectivity index (χ4v) is 6.02. The molecule has 3 aromatic rings. The molecule has 186 valence electrons. The molecular formula is C26H28Cl2N2O4S. The summed E-state index contributed by atoms with van der Waals surface area (Å²) in [6, 6.07) is 21.8. The summed E-state index contributed by atoms with van der Waals surface area (Å²) in [7, 11) is -1.95. The summed E-state index contributed by atoms with van der Waals surface area (Å²) in [6.07, 6.45) is -0.222. The third-order valence-corrected chi connectivity index (χ3v) is 8.36. The van der Waals surface area contributed by atoms with Gasteiger partial charge in [0.2, 0.25) is 10.0 Å². The highest BCUT2D eigenvalue weighted by molar-refractivity contribution is 7.89. The molecule has 0 N–H and O–H groups in total. The maximum atomic E-state index is 13.0. The molecule has 1 saturated heterocycles. The minimum Gasteiger partial charge on any atom is -0.497 e. The molecule has 0 saturated carbocycles. The molecule has 0 bridgehead atoms. The Morgan fingerprint density at radius 2 is 1.57 bits per heavy atom. The summed E-state index contributed by atoms with van der Waals surface area (Å²) in [5.41, 5.74) is 1.99. The van der Waals surface area contributed by atoms with Gasteiger partial charge in [-0.05, 0) is 53.6 Å². The first-order valence-electron chi connectivity index (χ1n) is 11.3. The zero-order valence-electron chi connectivity index (χ0n) is 19.4. The van der Waals surface area contributed by atoms with E-state index >= 15 is 0 Å². The van der Waals surface area contributed by atoms with E-state index in [1.165, 1.54) is 10.4 Å². The number of ether oxygens (including phenoxy) is 2. The zero-order chi connectivity index (χ0) is 24.8. The highest BCUT2D eigenvalue weighted by atomic mass is 35.5. The van der Waals surface area contributed by atoms with Crippen LogP contribution in [-0.4, -0.2) is 57.5 Å². The number of nitrogens with zero attached hydrogens (tertiary/aromatic N) is 2. The van der Waals surface area contributed by atoms with Crippen LogP contribution < -0.4 is 4.74 Å². The van der Waals surface area contributed by atoms with Crippen LogP contribution in [0.2, 0.25) is 10.0 Å². The molecule has 0 aliphatic carbocycles. The van der Waals surface area contributed by atoms with Crippen molar-refractivity contribution in [3.63, 3.8) is 0 Å². The SMILES string of the molecule is COc1cccc(C(CN2CCN(S(=O)(=O)c3cccc(Cl)c3)CC2)OCc2cccc(Cl)c2)c1. The number of halogens is 2. The van der Waals surface area contributed by atoms with Crippen LogP contribution in [0.15, 0.2) is 77.7 Å². The van der Waals surface area contributed by atoms with Crippen molar-refractivity contribution >= 4 is 33.2 Å². The molecule has 4 rings (SSSR count). The molecule has 35 heavy (non-hydrogen) atoms. The summed E-state index contributed by atoms with van der Waals surface area (Å²) < 4.78 is 39.4. The van der Waals surface area contributed by atoms with Crippen molar-refractivity contribution in [2.24, 2.45) is 0 Å². The molecule has 3 aromatic carbocycles. The van der Waals surface area contributed by atoms with E-state index in [1.807, 2.05) is 48.5 Å². The van der Waals surface area contributed by atoms with E-state index in [-0.39, 0.29) is 11.0 Å². The van der Waals surface area contributed by atoms with Gasteiger partial charge in [0.1, 0.15) is 5.75 Å². The molecule has 0 aromatic heterocycles. The van der Waals surface area contributed by atoms with Crippen LogP contribution in [0.3, 0.4) is 0 Å². The van der Waals surface area contributed by atoms with E-state index in [0.29, 0.717) is 49.4 Å². The first kappa shape index (κ1) is 25.9. The average Bonchev–Trinajstić information content (AvgIpc) is 2.87. The predicted octanol–water partition coefficient (Wildman–Crippen LogP) is 5.27. The Balaban J connectivity index is 1.44. The Labute approximate surface area is 217 Å². The lowest BCUT2D eigenvalue weighted by molar-refractivity contribution is 0.00763. The van der Waals surface area contributed by atoms with Gasteiger partial charge in [-0.15, -0.1) is 0 Å². The third kappa shape index (κ3) is 6.76. The van der Waals surface area contributed by atoms with Crippen molar-refractivity contribution in [1.82, 2.24) is 9.21 Å². The number of benzene rings is 3. The van der Waals surface area contributed by atoms with Gasteiger partial charge in [0.25, 0.3) is 0 Å². The summed E-state index contributed by atoms with van der Waals surface area (Å²) in [6.45, 7) is 3.02. The van der Waals surface area contributed by atoms with E-state index in [1.54, 1.807) is 25.3 Å². The molecule has 1 aliphatic heterocycles. The third-order valence-electron chi connectivity index (χ3n) is 5.99. The molecule has 1 aliphatic rings. The lowest BCUT2D eigenvalue weighted by Gasteiger charge is -2.36. The fourth-order valence-electron chi connectivity index (χ4n) is 4.08. The van der Waals surface area contributed by atoms with E-state index in [9.17, 15) is 8.42 Å². The number of rotatable bonds is 9. The Kier molecular flexibility index (Phi) is 8.70. The topological polar surface area (TPSA) is 59.1 Å². The van der Waals surface area contributed by atoms with Gasteiger partial charge in [0.15, 0.2) is 0 Å². The molecule has 1 fully saturated rings. The number of piperazine rings is 1. The van der Waals surface area contributed by atoms with E-state index in [4.69, 9.17) is 32.7 Å². The minimum atomic E-state index is -3.59. The van der Waals surface area contributed by atoms with Crippen molar-refractivity contribution in [3.8, 4) is 5.75 Å². The number of hydrogen-bond donors (Lipinski definition) is 0. The van der Waals surface area contributed by atoms with Gasteiger partial charge in [-0.2, -0.15) is 4.31 Å². The van der Waals surface area contributed by atoms with E-state index < -0.39 is 10.0 Å². The first-order chi connectivity index (χ1) is 16.8. The van der Waals surface area contributed by atoms with Crippen molar-refractivity contribution in [3.05, 3.63) is 94.0 Å². The molecule has 1 heterocycles. The van der Waals surface area contributed by atoms with Gasteiger partial charge in [0.05, 0.1) is 24.7 Å². The van der Waals surface area contributed by atoms with Crippen molar-refractivity contribution in [2.75, 3.05) is 39.8 Å². The first-order valence-corrected chi connectivity index (χ1v) is 13.5. The van der Waals surface area contributed by atoms with E-state index in [0.717, 1.165) is 16.9 Å². The van der Waals surface area contributed by atoms with Gasteiger partial charge in [-0.25, -0.2) is 8.42 Å². The van der Waals surface area contributed by atoms with Crippen LogP contribution in [0.25, 0.3) is 0 Å². The van der Waals surface area contributed by atoms with E-state index in [2.05, 4.69) is 4.90 Å². The highest BCUT2D eigenvalue weighted by Crippen LogP contribution is 2.26. The maximum absolute atomic E-state index is 13.0. The van der Waals surface area contributed by atoms with Gasteiger partial charge in [-0.1, -0.05) is 53.5 Å². The summed E-state index contributed by atoms with van der Waals surface area (Å²) in [4.78, 5) is 2.45. The fraction of sp³-hybridized carbons (Fsp3) is 0.308. The van der Waals surface area contributed by atoms with Crippen molar-refractivity contribution < 1.29 is 17.9 Å². The summed E-state index contributed by atoms with van der Waals surface area (Å²) in [5, 5.41) is 1.07. The largest absolute Gasteiger partial charge is 0.497 e. The normalized spacial score (nSPS) is 16.2. The lowest BCUT2D eigenvalue weighted by atomic mass is 10.1. The quantitative estimate of drug-likeness (QED) is 0.374. The monoisotopic (exact) mass is 534 g/mol. The molecule has 0 spiro atoms. The lowest BCUT2D eigenvalue weighted by Crippen LogP contribution is -2.49. The van der Waals surface area contributed by atoms with Crippen LogP contribution in [0.1, 0.15) is 17.2 Å². The standard InChI is InChI=1S/C26H28Cl2N2O4S/c1-33-24-9-3-6-21(16-24)26(34-19-20-5-2-7-22(27)15-20)18-29-11-13-30(14-12-29)35(31,32)25-10-4-8-23(28)17-25/h2-10,15-17,26H,11-14,18-19H2,1H3. The summed E-state index contributed by atoms with van der Waals surface area (Å²) >= 11 is 12.1. The van der Waals surface area contributed by atoms with Crippen LogP contribution in [0.5, 0.6) is 5.75 Å². The molecule has 0 radical (unpaired) electrons. The molecule has 9 heteroatoms. The number of sulfonamides is 1. The zero-order valence-corrected chi connectivity index (χ0v) is 21.8. The maximum Gasteiger partial charge on any atom is 0.243 e. The van der Waals surface area contributed by atoms with Crippen LogP contribution in [0, 0.1) is 0 Å². The Morgan fingerprint density at radius 3 is 2.26 bits per heavy atom. The second-order valence-electron chi connectivity index (χ2n) is 8.37. The molecule has 1 unspecified atom stereocenters. The smallest absolute Gasteiger partial charge is 0.243 e. The van der Waals surface area contributed by atoms with Gasteiger partial charge < -0.3 is 9.47 Å². The van der Waals surface area contributed by atoms with Gasteiger partial charge in [-0.3, -0.25) is 4.90 Å². The summed E-state index contributed by atoms with van der Waals surface area (Å²) in [5.74, 6) is 0.760. The second kappa shape index (κ2) is 11.7. The molecule has 0 amide bonds. The highest BCUT2D eigenvalue weighted by Gasteiger charge is 2.30. The average molecular weight is 535 g/mol. The molecule has 6 nitrogen and oxygen atoms in total. The molecule has 1 atom stereocenters. The van der Waals surface area contributed by atoms with Crippen LogP contribution in [-0.2, 0) is 21.4 Å². The Bertz CT molecular complexity index is 1250. The Morgan fingerprint density at radius 1 is 0.886 bits per heavy atom. The van der Waals surface area contributed by atoms with Crippen LogP contribution >= 0.6 is 23.2 Å². The minimum absolute atomic E-state index is 0.220. The van der Waals surface area contributed by atoms with Crippen molar-refractivity contribution in [2.45, 2.75) is 17.6 Å². The molecular weight excluding hydrogens is 507 g/mol. The Hall–Kier alpha value is -2.13. The number of hydrogen-bond acceptors (Lipinski definition) is 5. The predicted molar refractivity (Wildman–Crippen MR) is 139 cm³/mol. The van der Waals surface area contributed by atoms with Gasteiger partial charge >= 0.3 is 0 Å².